The summed E-state index contributed by atoms with van der Waals surface area (Å²) in [7, 11) is 0. The minimum Gasteiger partial charge on any atom is -0.388 e. The molecule has 4 heteroatoms. The highest BCUT2D eigenvalue weighted by Crippen LogP contribution is 2.20. The van der Waals surface area contributed by atoms with E-state index in [4.69, 9.17) is 0 Å². The topological polar surface area (TPSA) is 54.3 Å². The third-order valence-corrected chi connectivity index (χ3v) is 4.13. The van der Waals surface area contributed by atoms with E-state index in [9.17, 15) is 9.90 Å². The number of hydrogen-bond acceptors (Lipinski definition) is 2. The third kappa shape index (κ3) is 4.02. The van der Waals surface area contributed by atoms with Crippen LogP contribution in [0.4, 0.5) is 0 Å². The van der Waals surface area contributed by atoms with Crippen LogP contribution in [0.2, 0.25) is 0 Å². The van der Waals surface area contributed by atoms with Gasteiger partial charge in [0, 0.05) is 24.0 Å². The van der Waals surface area contributed by atoms with Gasteiger partial charge in [-0.25, -0.2) is 0 Å². The number of nitrogens with zero attached hydrogens (tertiary/aromatic N) is 1. The first-order valence-corrected chi connectivity index (χ1v) is 8.11. The number of amides is 1. The molecule has 0 saturated heterocycles. The molecule has 124 valence electrons. The summed E-state index contributed by atoms with van der Waals surface area (Å²) in [5.74, 6) is -0.0785. The van der Waals surface area contributed by atoms with Crippen LogP contribution in [0, 0.1) is 13.8 Å². The van der Waals surface area contributed by atoms with Crippen molar-refractivity contribution in [2.24, 2.45) is 0 Å². The summed E-state index contributed by atoms with van der Waals surface area (Å²) in [6.07, 6.45) is -0.0572. The van der Waals surface area contributed by atoms with Crippen molar-refractivity contribution in [1.82, 2.24) is 9.88 Å². The molecule has 1 heterocycles. The number of benzene rings is 1. The van der Waals surface area contributed by atoms with E-state index in [1.807, 2.05) is 50.2 Å². The van der Waals surface area contributed by atoms with E-state index in [0.29, 0.717) is 24.6 Å². The van der Waals surface area contributed by atoms with Gasteiger partial charge in [-0.1, -0.05) is 30.3 Å². The first-order valence-electron chi connectivity index (χ1n) is 8.11. The van der Waals surface area contributed by atoms with E-state index in [2.05, 4.69) is 23.7 Å². The average molecular weight is 314 g/mol. The van der Waals surface area contributed by atoms with Crippen molar-refractivity contribution in [3.05, 3.63) is 58.9 Å². The van der Waals surface area contributed by atoms with Gasteiger partial charge >= 0.3 is 0 Å². The monoisotopic (exact) mass is 314 g/mol. The number of hydrogen-bond donors (Lipinski definition) is 2. The standard InChI is InChI=1S/C19H26N2O2/c1-13(2)21-14(3)12-17(15(21)4)19(23)20-11-10-18(22)16-8-6-5-7-9-16/h5-9,12-13,18,22H,10-11H2,1-4H3,(H,20,23). The van der Waals surface area contributed by atoms with Crippen molar-refractivity contribution in [2.75, 3.05) is 6.54 Å². The summed E-state index contributed by atoms with van der Waals surface area (Å²) in [6, 6.07) is 11.8. The average Bonchev–Trinajstić information content (AvgIpc) is 2.82. The Morgan fingerprint density at radius 1 is 1.22 bits per heavy atom. The van der Waals surface area contributed by atoms with Crippen LogP contribution in [0.25, 0.3) is 0 Å². The SMILES string of the molecule is Cc1cc(C(=O)NCCC(O)c2ccccc2)c(C)n1C(C)C. The molecule has 2 rings (SSSR count). The van der Waals surface area contributed by atoms with Crippen LogP contribution in [-0.4, -0.2) is 22.1 Å². The number of aryl methyl sites for hydroxylation is 1. The zero-order valence-electron chi connectivity index (χ0n) is 14.3. The Hall–Kier alpha value is -2.07. The zero-order chi connectivity index (χ0) is 17.0. The predicted molar refractivity (Wildman–Crippen MR) is 92.6 cm³/mol. The molecule has 0 spiro atoms. The van der Waals surface area contributed by atoms with Crippen LogP contribution >= 0.6 is 0 Å². The molecule has 2 aromatic rings. The summed E-state index contributed by atoms with van der Waals surface area (Å²) in [4.78, 5) is 12.4. The normalized spacial score (nSPS) is 12.4. The van der Waals surface area contributed by atoms with Gasteiger partial charge in [0.15, 0.2) is 0 Å². The largest absolute Gasteiger partial charge is 0.388 e. The highest BCUT2D eigenvalue weighted by atomic mass is 16.3. The third-order valence-electron chi connectivity index (χ3n) is 4.13. The molecular formula is C19H26N2O2. The molecule has 4 nitrogen and oxygen atoms in total. The van der Waals surface area contributed by atoms with Crippen molar-refractivity contribution in [1.29, 1.82) is 0 Å². The lowest BCUT2D eigenvalue weighted by Crippen LogP contribution is -2.26. The molecule has 0 fully saturated rings. The molecule has 0 aliphatic heterocycles. The van der Waals surface area contributed by atoms with Gasteiger partial charge in [-0.2, -0.15) is 0 Å². The minimum absolute atomic E-state index is 0.0785. The summed E-state index contributed by atoms with van der Waals surface area (Å²) in [5, 5.41) is 13.0. The summed E-state index contributed by atoms with van der Waals surface area (Å²) >= 11 is 0. The second kappa shape index (κ2) is 7.47. The number of carbonyl (C=O) groups excluding carboxylic acids is 1. The molecule has 0 aliphatic carbocycles. The van der Waals surface area contributed by atoms with E-state index in [1.165, 1.54) is 0 Å². The van der Waals surface area contributed by atoms with Gasteiger partial charge in [-0.05, 0) is 45.7 Å². The Balaban J connectivity index is 1.94. The smallest absolute Gasteiger partial charge is 0.253 e. The van der Waals surface area contributed by atoms with Gasteiger partial charge in [-0.3, -0.25) is 4.79 Å². The zero-order valence-corrected chi connectivity index (χ0v) is 14.3. The lowest BCUT2D eigenvalue weighted by atomic mass is 10.1. The number of aliphatic hydroxyl groups is 1. The number of aliphatic hydroxyl groups excluding tert-OH is 1. The minimum atomic E-state index is -0.556. The van der Waals surface area contributed by atoms with Crippen LogP contribution < -0.4 is 5.32 Å². The molecule has 1 aromatic carbocycles. The highest BCUT2D eigenvalue weighted by molar-refractivity contribution is 5.95. The lowest BCUT2D eigenvalue weighted by molar-refractivity contribution is 0.0942. The van der Waals surface area contributed by atoms with Crippen LogP contribution in [0.1, 0.15) is 59.7 Å². The van der Waals surface area contributed by atoms with Crippen LogP contribution in [0.5, 0.6) is 0 Å². The van der Waals surface area contributed by atoms with Gasteiger partial charge < -0.3 is 15.0 Å². The molecule has 1 unspecified atom stereocenters. The molecule has 0 saturated carbocycles. The maximum absolute atomic E-state index is 12.4. The molecule has 1 atom stereocenters. The Morgan fingerprint density at radius 2 is 1.87 bits per heavy atom. The van der Waals surface area contributed by atoms with Crippen molar-refractivity contribution >= 4 is 5.91 Å². The molecule has 0 bridgehead atoms. The fourth-order valence-electron chi connectivity index (χ4n) is 3.06. The number of carbonyl (C=O) groups is 1. The first-order chi connectivity index (χ1) is 10.9. The first kappa shape index (κ1) is 17.3. The summed E-state index contributed by atoms with van der Waals surface area (Å²) in [5.41, 5.74) is 3.66. The molecule has 0 radical (unpaired) electrons. The maximum atomic E-state index is 12.4. The van der Waals surface area contributed by atoms with Crippen LogP contribution in [0.3, 0.4) is 0 Å². The van der Waals surface area contributed by atoms with Crippen molar-refractivity contribution in [3.8, 4) is 0 Å². The molecule has 23 heavy (non-hydrogen) atoms. The molecular weight excluding hydrogens is 288 g/mol. The molecule has 0 aliphatic rings. The molecule has 1 aromatic heterocycles. The van der Waals surface area contributed by atoms with Gasteiger partial charge in [0.25, 0.3) is 5.91 Å². The molecule has 1 amide bonds. The van der Waals surface area contributed by atoms with Gasteiger partial charge in [0.2, 0.25) is 0 Å². The van der Waals surface area contributed by atoms with Crippen molar-refractivity contribution in [3.63, 3.8) is 0 Å². The van der Waals surface area contributed by atoms with Crippen LogP contribution in [0.15, 0.2) is 36.4 Å². The van der Waals surface area contributed by atoms with Gasteiger partial charge in [-0.15, -0.1) is 0 Å². The highest BCUT2D eigenvalue weighted by Gasteiger charge is 2.17. The lowest BCUT2D eigenvalue weighted by Gasteiger charge is -2.14. The Morgan fingerprint density at radius 3 is 2.43 bits per heavy atom. The van der Waals surface area contributed by atoms with Gasteiger partial charge in [0.1, 0.15) is 0 Å². The van der Waals surface area contributed by atoms with Crippen LogP contribution in [-0.2, 0) is 0 Å². The van der Waals surface area contributed by atoms with Gasteiger partial charge in [0.05, 0.1) is 11.7 Å². The predicted octanol–water partition coefficient (Wildman–Crippen LogP) is 3.54. The number of rotatable bonds is 6. The fraction of sp³-hybridized carbons (Fsp3) is 0.421. The number of aromatic nitrogens is 1. The maximum Gasteiger partial charge on any atom is 0.253 e. The van der Waals surface area contributed by atoms with E-state index in [0.717, 1.165) is 17.0 Å². The Kier molecular flexibility index (Phi) is 5.61. The Labute approximate surface area is 138 Å². The van der Waals surface area contributed by atoms with E-state index in [1.54, 1.807) is 0 Å². The van der Waals surface area contributed by atoms with Crippen molar-refractivity contribution < 1.29 is 9.90 Å². The number of nitrogens with one attached hydrogen (secondary N) is 1. The summed E-state index contributed by atoms with van der Waals surface area (Å²) in [6.45, 7) is 8.65. The summed E-state index contributed by atoms with van der Waals surface area (Å²) < 4.78 is 2.16. The fourth-order valence-corrected chi connectivity index (χ4v) is 3.06. The Bertz CT molecular complexity index is 660. The van der Waals surface area contributed by atoms with E-state index < -0.39 is 6.10 Å². The quantitative estimate of drug-likeness (QED) is 0.857. The molecule has 2 N–H and O–H groups in total. The van der Waals surface area contributed by atoms with E-state index >= 15 is 0 Å². The second-order valence-corrected chi connectivity index (χ2v) is 6.22. The van der Waals surface area contributed by atoms with E-state index in [-0.39, 0.29) is 5.91 Å². The second-order valence-electron chi connectivity index (χ2n) is 6.22. The van der Waals surface area contributed by atoms with Crippen molar-refractivity contribution in [2.45, 2.75) is 46.3 Å².